The summed E-state index contributed by atoms with van der Waals surface area (Å²) in [4.78, 5) is 33.0. The van der Waals surface area contributed by atoms with Gasteiger partial charge in [-0.1, -0.05) is 0 Å². The summed E-state index contributed by atoms with van der Waals surface area (Å²) < 4.78 is 1.64. The Bertz CT molecular complexity index is 1590. The van der Waals surface area contributed by atoms with Gasteiger partial charge in [0, 0.05) is 46.5 Å². The number of hydrogen-bond acceptors (Lipinski definition) is 6. The molecule has 10 nitrogen and oxygen atoms in total. The minimum Gasteiger partial charge on any atom is -0.494 e. The number of anilines is 1. The van der Waals surface area contributed by atoms with Gasteiger partial charge in [-0.15, -0.1) is 0 Å². The van der Waals surface area contributed by atoms with Gasteiger partial charge in [-0.2, -0.15) is 10.2 Å². The second-order valence-corrected chi connectivity index (χ2v) is 8.20. The number of carbonyl (C=O) groups is 2. The molecule has 5 rings (SSSR count). The number of nitrogens with zero attached hydrogens (tertiary/aromatic N) is 4. The minimum atomic E-state index is -0.265. The van der Waals surface area contributed by atoms with Crippen molar-refractivity contribution in [3.8, 4) is 5.88 Å². The molecule has 3 aromatic heterocycles. The number of fused-ring (bicyclic) bond motifs is 1. The molecule has 3 heterocycles. The number of nitrogens with one attached hydrogen (secondary N) is 3. The van der Waals surface area contributed by atoms with E-state index in [9.17, 15) is 14.7 Å². The molecule has 0 aliphatic carbocycles. The quantitative estimate of drug-likeness (QED) is 0.202. The average molecular weight is 482 g/mol. The Morgan fingerprint density at radius 3 is 2.61 bits per heavy atom. The Labute approximate surface area is 205 Å². The lowest BCUT2D eigenvalue weighted by atomic mass is 10.0. The van der Waals surface area contributed by atoms with Crippen LogP contribution in [0.3, 0.4) is 0 Å². The predicted molar refractivity (Wildman–Crippen MR) is 136 cm³/mol. The van der Waals surface area contributed by atoms with Gasteiger partial charge < -0.3 is 15.4 Å². The van der Waals surface area contributed by atoms with E-state index in [1.54, 1.807) is 65.5 Å². The largest absolute Gasteiger partial charge is 0.494 e. The number of amides is 1. The summed E-state index contributed by atoms with van der Waals surface area (Å²) in [6.07, 6.45) is 3.09. The van der Waals surface area contributed by atoms with E-state index in [1.807, 2.05) is 13.8 Å². The van der Waals surface area contributed by atoms with Crippen LogP contribution in [-0.4, -0.2) is 48.0 Å². The molecule has 10 heteroatoms. The van der Waals surface area contributed by atoms with Crippen molar-refractivity contribution in [1.82, 2.24) is 25.0 Å². The molecule has 36 heavy (non-hydrogen) atoms. The first-order valence-electron chi connectivity index (χ1n) is 11.3. The molecule has 4 N–H and O–H groups in total. The minimum absolute atomic E-state index is 0.0439. The van der Waals surface area contributed by atoms with E-state index < -0.39 is 0 Å². The number of aliphatic imine (C=N–C) groups is 1. The Morgan fingerprint density at radius 2 is 1.89 bits per heavy atom. The molecule has 0 fully saturated rings. The van der Waals surface area contributed by atoms with E-state index >= 15 is 0 Å². The number of aromatic amines is 2. The molecule has 1 amide bonds. The zero-order valence-electron chi connectivity index (χ0n) is 19.6. The van der Waals surface area contributed by atoms with Gasteiger partial charge in [-0.25, -0.2) is 4.99 Å². The van der Waals surface area contributed by atoms with E-state index in [4.69, 9.17) is 0 Å². The van der Waals surface area contributed by atoms with E-state index in [1.165, 1.54) is 6.21 Å². The zero-order valence-corrected chi connectivity index (χ0v) is 19.6. The summed E-state index contributed by atoms with van der Waals surface area (Å²) in [5.74, 6) is 0.0418. The Balaban J connectivity index is 1.36. The number of aryl methyl sites for hydroxylation is 2. The van der Waals surface area contributed by atoms with Crippen molar-refractivity contribution in [2.45, 2.75) is 20.4 Å². The maximum Gasteiger partial charge on any atom is 0.273 e. The summed E-state index contributed by atoms with van der Waals surface area (Å²) in [6.45, 7) is 4.35. The molecule has 0 bridgehead atoms. The molecule has 0 atom stereocenters. The van der Waals surface area contributed by atoms with Crippen LogP contribution in [0.4, 0.5) is 11.5 Å². The van der Waals surface area contributed by atoms with Gasteiger partial charge in [0.05, 0.1) is 17.5 Å². The zero-order chi connectivity index (χ0) is 25.2. The van der Waals surface area contributed by atoms with Crippen LogP contribution in [0.25, 0.3) is 10.9 Å². The van der Waals surface area contributed by atoms with Crippen molar-refractivity contribution in [2.75, 3.05) is 5.32 Å². The maximum absolute atomic E-state index is 13.2. The smallest absolute Gasteiger partial charge is 0.273 e. The molecule has 0 saturated heterocycles. The number of aromatic nitrogens is 5. The SMILES string of the molecule is CCn1nc(C)cc1C(=O)Nc1ccc(C(=O)c2ccc3[nH]c(O)c(C=Nc4ccn[nH]4)c3c2)cc1. The monoisotopic (exact) mass is 481 g/mol. The standard InChI is InChI=1S/C26H23N7O3/c1-3-33-22(12-15(2)32-33)26(36)29-18-7-4-16(5-8-18)24(34)17-6-9-21-19(13-17)20(25(35)30-21)14-27-23-10-11-28-31-23/h4-14,30,35H,3H2,1-2H3,(H,28,31)(H,29,36). The molecule has 0 aliphatic heterocycles. The summed E-state index contributed by atoms with van der Waals surface area (Å²) in [5, 5.41) is 24.7. The lowest BCUT2D eigenvalue weighted by Gasteiger charge is -2.08. The second-order valence-electron chi connectivity index (χ2n) is 8.20. The summed E-state index contributed by atoms with van der Waals surface area (Å²) in [5.41, 5.74) is 3.88. The van der Waals surface area contributed by atoms with Gasteiger partial charge in [0.1, 0.15) is 11.5 Å². The number of H-pyrrole nitrogens is 2. The van der Waals surface area contributed by atoms with E-state index in [2.05, 4.69) is 30.6 Å². The number of hydrogen-bond donors (Lipinski definition) is 4. The average Bonchev–Trinajstić information content (AvgIpc) is 3.61. The Hall–Kier alpha value is -4.99. The normalized spacial score (nSPS) is 11.4. The molecule has 0 aliphatic rings. The van der Waals surface area contributed by atoms with Crippen molar-refractivity contribution >= 4 is 40.3 Å². The fourth-order valence-corrected chi connectivity index (χ4v) is 3.96. The highest BCUT2D eigenvalue weighted by Crippen LogP contribution is 2.28. The topological polar surface area (TPSA) is 141 Å². The third-order valence-electron chi connectivity index (χ3n) is 5.74. The molecular formula is C26H23N7O3. The number of carbonyl (C=O) groups excluding carboxylic acids is 2. The van der Waals surface area contributed by atoms with E-state index in [0.717, 1.165) is 5.69 Å². The van der Waals surface area contributed by atoms with Gasteiger partial charge >= 0.3 is 0 Å². The first-order chi connectivity index (χ1) is 17.4. The summed E-state index contributed by atoms with van der Waals surface area (Å²) >= 11 is 0. The third-order valence-corrected chi connectivity index (χ3v) is 5.74. The van der Waals surface area contributed by atoms with Crippen molar-refractivity contribution in [1.29, 1.82) is 0 Å². The van der Waals surface area contributed by atoms with Crippen LogP contribution < -0.4 is 5.32 Å². The van der Waals surface area contributed by atoms with Gasteiger partial charge in [0.15, 0.2) is 11.7 Å². The van der Waals surface area contributed by atoms with E-state index in [0.29, 0.717) is 51.3 Å². The van der Waals surface area contributed by atoms with Gasteiger partial charge in [0.25, 0.3) is 5.91 Å². The van der Waals surface area contributed by atoms with Crippen LogP contribution in [0.1, 0.15) is 44.6 Å². The number of aromatic hydroxyl groups is 1. The van der Waals surface area contributed by atoms with Gasteiger partial charge in [-0.3, -0.25) is 19.4 Å². The van der Waals surface area contributed by atoms with Crippen LogP contribution in [0.15, 0.2) is 65.8 Å². The van der Waals surface area contributed by atoms with Crippen molar-refractivity contribution in [3.05, 3.63) is 88.9 Å². The highest BCUT2D eigenvalue weighted by molar-refractivity contribution is 6.12. The molecule has 0 spiro atoms. The first-order valence-corrected chi connectivity index (χ1v) is 11.3. The molecule has 180 valence electrons. The lowest BCUT2D eigenvalue weighted by molar-refractivity contribution is 0.101. The lowest BCUT2D eigenvalue weighted by Crippen LogP contribution is -2.17. The summed E-state index contributed by atoms with van der Waals surface area (Å²) in [6, 6.07) is 15.3. The third kappa shape index (κ3) is 4.39. The van der Waals surface area contributed by atoms with Crippen LogP contribution in [-0.2, 0) is 6.54 Å². The number of rotatable bonds is 7. The Kier molecular flexibility index (Phi) is 5.91. The number of benzene rings is 2. The fraction of sp³-hybridized carbons (Fsp3) is 0.115. The summed E-state index contributed by atoms with van der Waals surface area (Å²) in [7, 11) is 0. The molecule has 0 saturated carbocycles. The second kappa shape index (κ2) is 9.34. The van der Waals surface area contributed by atoms with Crippen LogP contribution >= 0.6 is 0 Å². The van der Waals surface area contributed by atoms with Crippen molar-refractivity contribution in [3.63, 3.8) is 0 Å². The molecular weight excluding hydrogens is 458 g/mol. The van der Waals surface area contributed by atoms with Crippen LogP contribution in [0.5, 0.6) is 5.88 Å². The van der Waals surface area contributed by atoms with Crippen LogP contribution in [0, 0.1) is 6.92 Å². The van der Waals surface area contributed by atoms with E-state index in [-0.39, 0.29) is 17.6 Å². The van der Waals surface area contributed by atoms with Crippen molar-refractivity contribution < 1.29 is 14.7 Å². The molecule has 5 aromatic rings. The first kappa shape index (κ1) is 22.8. The molecule has 0 unspecified atom stereocenters. The Morgan fingerprint density at radius 1 is 1.11 bits per heavy atom. The molecule has 2 aromatic carbocycles. The highest BCUT2D eigenvalue weighted by Gasteiger charge is 2.16. The van der Waals surface area contributed by atoms with Crippen LogP contribution in [0.2, 0.25) is 0 Å². The predicted octanol–water partition coefficient (Wildman–Crippen LogP) is 4.36. The van der Waals surface area contributed by atoms with Crippen molar-refractivity contribution in [2.24, 2.45) is 4.99 Å². The molecule has 0 radical (unpaired) electrons. The van der Waals surface area contributed by atoms with Gasteiger partial charge in [-0.05, 0) is 62.4 Å². The number of ketones is 1. The van der Waals surface area contributed by atoms with Gasteiger partial charge in [0.2, 0.25) is 0 Å². The fourth-order valence-electron chi connectivity index (χ4n) is 3.96. The highest BCUT2D eigenvalue weighted by atomic mass is 16.3. The maximum atomic E-state index is 13.2.